The van der Waals surface area contributed by atoms with E-state index in [-0.39, 0.29) is 24.4 Å². The van der Waals surface area contributed by atoms with Crippen molar-refractivity contribution in [2.75, 3.05) is 31.0 Å². The maximum absolute atomic E-state index is 12.4. The van der Waals surface area contributed by atoms with Crippen LogP contribution in [0.3, 0.4) is 0 Å². The molecular formula is C21H25N3O4. The maximum atomic E-state index is 12.4. The van der Waals surface area contributed by atoms with Crippen LogP contribution in [0.15, 0.2) is 36.4 Å². The summed E-state index contributed by atoms with van der Waals surface area (Å²) in [5.41, 5.74) is 3.70. The number of nitrogens with zero attached hydrogens (tertiary/aromatic N) is 1. The highest BCUT2D eigenvalue weighted by Crippen LogP contribution is 2.33. The topological polar surface area (TPSA) is 79.9 Å². The lowest BCUT2D eigenvalue weighted by Gasteiger charge is -2.19. The lowest BCUT2D eigenvalue weighted by molar-refractivity contribution is -0.117. The van der Waals surface area contributed by atoms with Gasteiger partial charge in [0, 0.05) is 30.4 Å². The molecule has 0 radical (unpaired) electrons. The van der Waals surface area contributed by atoms with Gasteiger partial charge in [0.25, 0.3) is 0 Å². The second kappa shape index (κ2) is 8.21. The third-order valence-electron chi connectivity index (χ3n) is 4.90. The number of ether oxygens (including phenoxy) is 2. The number of benzene rings is 2. The highest BCUT2D eigenvalue weighted by molar-refractivity contribution is 5.98. The van der Waals surface area contributed by atoms with Gasteiger partial charge in [0.2, 0.25) is 5.91 Å². The maximum Gasteiger partial charge on any atom is 0.319 e. The van der Waals surface area contributed by atoms with Crippen LogP contribution in [0.5, 0.6) is 11.5 Å². The van der Waals surface area contributed by atoms with Gasteiger partial charge in [0.15, 0.2) is 11.5 Å². The van der Waals surface area contributed by atoms with Gasteiger partial charge in [-0.1, -0.05) is 6.07 Å². The highest BCUT2D eigenvalue weighted by Gasteiger charge is 2.32. The van der Waals surface area contributed by atoms with E-state index in [2.05, 4.69) is 10.6 Å². The van der Waals surface area contributed by atoms with Crippen molar-refractivity contribution >= 4 is 23.3 Å². The molecule has 1 aliphatic heterocycles. The molecule has 1 aliphatic rings. The lowest BCUT2D eigenvalue weighted by Crippen LogP contribution is -2.39. The third kappa shape index (κ3) is 4.19. The molecule has 0 spiro atoms. The molecule has 1 saturated heterocycles. The number of nitrogens with one attached hydrogen (secondary N) is 2. The summed E-state index contributed by atoms with van der Waals surface area (Å²) in [6.45, 7) is 4.41. The molecule has 1 atom stereocenters. The predicted molar refractivity (Wildman–Crippen MR) is 108 cm³/mol. The van der Waals surface area contributed by atoms with Crippen molar-refractivity contribution in [3.8, 4) is 11.5 Å². The zero-order valence-corrected chi connectivity index (χ0v) is 16.5. The second-order valence-electron chi connectivity index (χ2n) is 6.84. The van der Waals surface area contributed by atoms with Crippen molar-refractivity contribution in [3.63, 3.8) is 0 Å². The fourth-order valence-corrected chi connectivity index (χ4v) is 3.22. The van der Waals surface area contributed by atoms with Gasteiger partial charge in [0.05, 0.1) is 20.3 Å². The number of carbonyl (C=O) groups is 2. The molecule has 0 aliphatic carbocycles. The van der Waals surface area contributed by atoms with Crippen molar-refractivity contribution in [1.29, 1.82) is 0 Å². The first-order valence-electron chi connectivity index (χ1n) is 9.08. The first-order chi connectivity index (χ1) is 13.4. The molecule has 148 valence electrons. The van der Waals surface area contributed by atoms with Crippen LogP contribution >= 0.6 is 0 Å². The Kier molecular flexibility index (Phi) is 5.73. The van der Waals surface area contributed by atoms with Crippen LogP contribution in [0, 0.1) is 13.8 Å². The Labute approximate surface area is 164 Å². The van der Waals surface area contributed by atoms with Gasteiger partial charge in [-0.2, -0.15) is 0 Å². The largest absolute Gasteiger partial charge is 0.493 e. The Balaban J connectivity index is 1.64. The molecule has 0 bridgehead atoms. The van der Waals surface area contributed by atoms with Crippen molar-refractivity contribution < 1.29 is 19.1 Å². The van der Waals surface area contributed by atoms with Crippen molar-refractivity contribution in [1.82, 2.24) is 5.32 Å². The molecule has 1 heterocycles. The average molecular weight is 383 g/mol. The van der Waals surface area contributed by atoms with Crippen molar-refractivity contribution in [2.24, 2.45) is 0 Å². The van der Waals surface area contributed by atoms with Gasteiger partial charge in [-0.3, -0.25) is 4.79 Å². The average Bonchev–Trinajstić information content (AvgIpc) is 3.04. The number of urea groups is 1. The van der Waals surface area contributed by atoms with Crippen LogP contribution in [0.1, 0.15) is 17.5 Å². The van der Waals surface area contributed by atoms with E-state index in [1.807, 2.05) is 32.0 Å². The number of rotatable bonds is 5. The van der Waals surface area contributed by atoms with E-state index in [1.165, 1.54) is 0 Å². The SMILES string of the molecule is COc1ccc(N2C[C@@H](NC(=O)Nc3ccc(C)c(C)c3)CC2=O)cc1OC. The molecule has 3 rings (SSSR count). The van der Waals surface area contributed by atoms with Crippen LogP contribution in [0.25, 0.3) is 0 Å². The number of carbonyl (C=O) groups excluding carboxylic acids is 2. The van der Waals surface area contributed by atoms with Gasteiger partial charge >= 0.3 is 6.03 Å². The predicted octanol–water partition coefficient (Wildman–Crippen LogP) is 3.25. The lowest BCUT2D eigenvalue weighted by atomic mass is 10.1. The summed E-state index contributed by atoms with van der Waals surface area (Å²) in [7, 11) is 3.11. The molecule has 7 nitrogen and oxygen atoms in total. The quantitative estimate of drug-likeness (QED) is 0.831. The molecule has 2 aromatic rings. The van der Waals surface area contributed by atoms with Crippen molar-refractivity contribution in [2.45, 2.75) is 26.3 Å². The number of hydrogen-bond acceptors (Lipinski definition) is 4. The number of hydrogen-bond donors (Lipinski definition) is 2. The minimum absolute atomic E-state index is 0.0521. The zero-order chi connectivity index (χ0) is 20.3. The first kappa shape index (κ1) is 19.5. The Morgan fingerprint density at radius 1 is 1.04 bits per heavy atom. The van der Waals surface area contributed by atoms with E-state index in [4.69, 9.17) is 9.47 Å². The normalized spacial score (nSPS) is 16.1. The van der Waals surface area contributed by atoms with Gasteiger partial charge in [-0.15, -0.1) is 0 Å². The van der Waals surface area contributed by atoms with Gasteiger partial charge < -0.3 is 25.0 Å². The summed E-state index contributed by atoms with van der Waals surface area (Å²) in [4.78, 5) is 26.4. The van der Waals surface area contributed by atoms with Crippen LogP contribution in [-0.2, 0) is 4.79 Å². The molecule has 2 aromatic carbocycles. The Morgan fingerprint density at radius 2 is 1.79 bits per heavy atom. The molecular weight excluding hydrogens is 358 g/mol. The van der Waals surface area contributed by atoms with E-state index in [0.29, 0.717) is 23.7 Å². The molecule has 0 unspecified atom stereocenters. The first-order valence-corrected chi connectivity index (χ1v) is 9.08. The summed E-state index contributed by atoms with van der Waals surface area (Å²) >= 11 is 0. The Morgan fingerprint density at radius 3 is 2.46 bits per heavy atom. The molecule has 2 N–H and O–H groups in total. The molecule has 3 amide bonds. The van der Waals surface area contributed by atoms with E-state index in [1.54, 1.807) is 37.3 Å². The Hall–Kier alpha value is -3.22. The minimum Gasteiger partial charge on any atom is -0.493 e. The molecule has 28 heavy (non-hydrogen) atoms. The number of anilines is 2. The summed E-state index contributed by atoms with van der Waals surface area (Å²) in [5.74, 6) is 1.10. The summed E-state index contributed by atoms with van der Waals surface area (Å²) in [6, 6.07) is 10.5. The summed E-state index contributed by atoms with van der Waals surface area (Å²) < 4.78 is 10.5. The minimum atomic E-state index is -0.324. The standard InChI is InChI=1S/C21H25N3O4/c1-13-5-6-15(9-14(13)2)22-21(26)23-16-10-20(25)24(12-16)17-7-8-18(27-3)19(11-17)28-4/h5-9,11,16H,10,12H2,1-4H3,(H2,22,23,26)/t16-/m0/s1. The van der Waals surface area contributed by atoms with E-state index in [0.717, 1.165) is 16.8 Å². The second-order valence-corrected chi connectivity index (χ2v) is 6.84. The molecule has 0 aromatic heterocycles. The fourth-order valence-electron chi connectivity index (χ4n) is 3.22. The molecule has 7 heteroatoms. The van der Waals surface area contributed by atoms with Crippen LogP contribution in [0.4, 0.5) is 16.2 Å². The molecule has 0 saturated carbocycles. The van der Waals surface area contributed by atoms with E-state index in [9.17, 15) is 9.59 Å². The van der Waals surface area contributed by atoms with Gasteiger partial charge in [0.1, 0.15) is 0 Å². The monoisotopic (exact) mass is 383 g/mol. The third-order valence-corrected chi connectivity index (χ3v) is 4.90. The van der Waals surface area contributed by atoms with Crippen LogP contribution in [-0.4, -0.2) is 38.7 Å². The number of aryl methyl sites for hydroxylation is 2. The highest BCUT2D eigenvalue weighted by atomic mass is 16.5. The number of methoxy groups -OCH3 is 2. The molecule has 1 fully saturated rings. The fraction of sp³-hybridized carbons (Fsp3) is 0.333. The van der Waals surface area contributed by atoms with E-state index >= 15 is 0 Å². The smallest absolute Gasteiger partial charge is 0.319 e. The zero-order valence-electron chi connectivity index (χ0n) is 16.5. The van der Waals surface area contributed by atoms with E-state index < -0.39 is 0 Å². The van der Waals surface area contributed by atoms with Gasteiger partial charge in [-0.05, 0) is 49.2 Å². The Bertz CT molecular complexity index is 897. The van der Waals surface area contributed by atoms with Crippen LogP contribution < -0.4 is 25.0 Å². The summed E-state index contributed by atoms with van der Waals surface area (Å²) in [6.07, 6.45) is 0.245. The number of amides is 3. The van der Waals surface area contributed by atoms with Gasteiger partial charge in [-0.25, -0.2) is 4.79 Å². The summed E-state index contributed by atoms with van der Waals surface area (Å²) in [5, 5.41) is 5.70. The van der Waals surface area contributed by atoms with Crippen molar-refractivity contribution in [3.05, 3.63) is 47.5 Å². The van der Waals surface area contributed by atoms with Crippen LogP contribution in [0.2, 0.25) is 0 Å².